The molecule has 0 aliphatic rings. The van der Waals surface area contributed by atoms with Crippen molar-refractivity contribution in [2.24, 2.45) is 0 Å². The van der Waals surface area contributed by atoms with Crippen LogP contribution in [0.25, 0.3) is 109 Å². The summed E-state index contributed by atoms with van der Waals surface area (Å²) in [4.78, 5) is 10.7. The maximum absolute atomic E-state index is 5.36. The van der Waals surface area contributed by atoms with E-state index in [-0.39, 0.29) is 0 Å². The molecule has 57 heavy (non-hydrogen) atoms. The van der Waals surface area contributed by atoms with Gasteiger partial charge in [0.2, 0.25) is 5.95 Å². The highest BCUT2D eigenvalue weighted by Gasteiger charge is 2.23. The van der Waals surface area contributed by atoms with E-state index in [1.165, 1.54) is 42.1 Å². The molecule has 0 fully saturated rings. The molecule has 0 bridgehead atoms. The van der Waals surface area contributed by atoms with Crippen LogP contribution in [0.3, 0.4) is 0 Å². The number of para-hydroxylation sites is 2. The second-order valence-electron chi connectivity index (χ2n) is 14.6. The second kappa shape index (κ2) is 12.6. The quantitative estimate of drug-likeness (QED) is 0.176. The van der Waals surface area contributed by atoms with Crippen LogP contribution < -0.4 is 0 Å². The highest BCUT2D eigenvalue weighted by molar-refractivity contribution is 7.26. The lowest BCUT2D eigenvalue weighted by atomic mass is 10.0. The van der Waals surface area contributed by atoms with Gasteiger partial charge in [-0.2, -0.15) is 0 Å². The molecule has 0 N–H and O–H groups in total. The summed E-state index contributed by atoms with van der Waals surface area (Å²) in [6, 6.07) is 69.4. The van der Waals surface area contributed by atoms with Gasteiger partial charge in [-0.25, -0.2) is 9.97 Å². The summed E-state index contributed by atoms with van der Waals surface area (Å²) < 4.78 is 7.36. The minimum atomic E-state index is 0.637. The molecule has 4 heterocycles. The van der Waals surface area contributed by atoms with Gasteiger partial charge in [0.1, 0.15) is 0 Å². The zero-order valence-corrected chi connectivity index (χ0v) is 31.5. The molecule has 0 saturated heterocycles. The van der Waals surface area contributed by atoms with Crippen molar-refractivity contribution >= 4 is 75.1 Å². The van der Waals surface area contributed by atoms with E-state index in [0.29, 0.717) is 5.95 Å². The molecule has 12 aromatic rings. The standard InChI is InChI=1S/C52H32N4S/c1-3-14-34(15-4-1)44-32-45(35-16-5-2-6-17-35)54-52(53-44)56-47-24-11-8-19-39(47)42-31-30-41-38-18-7-10-23-46(38)55(49(41)50(42)56)36-28-26-33(27-29-36)37-21-13-22-43-40-20-9-12-25-48(40)57-51(37)43/h1-32H. The molecule has 0 saturated carbocycles. The summed E-state index contributed by atoms with van der Waals surface area (Å²) in [5, 5.41) is 7.33. The summed E-state index contributed by atoms with van der Waals surface area (Å²) in [7, 11) is 0. The molecule has 4 nitrogen and oxygen atoms in total. The molecule has 0 atom stereocenters. The van der Waals surface area contributed by atoms with E-state index in [1.807, 2.05) is 23.5 Å². The van der Waals surface area contributed by atoms with Gasteiger partial charge >= 0.3 is 0 Å². The molecule has 12 rings (SSSR count). The number of aromatic nitrogens is 4. The smallest absolute Gasteiger partial charge is 0.235 e. The summed E-state index contributed by atoms with van der Waals surface area (Å²) in [6.07, 6.45) is 0. The van der Waals surface area contributed by atoms with Gasteiger partial charge in [-0.3, -0.25) is 4.57 Å². The van der Waals surface area contributed by atoms with Crippen LogP contribution in [0.15, 0.2) is 194 Å². The normalized spacial score (nSPS) is 11.9. The topological polar surface area (TPSA) is 35.6 Å². The van der Waals surface area contributed by atoms with E-state index < -0.39 is 0 Å². The van der Waals surface area contributed by atoms with Crippen LogP contribution in [-0.2, 0) is 0 Å². The predicted molar refractivity (Wildman–Crippen MR) is 240 cm³/mol. The number of nitrogens with zero attached hydrogens (tertiary/aromatic N) is 4. The molecule has 8 aromatic carbocycles. The molecule has 0 spiro atoms. The number of thiophene rings is 1. The number of hydrogen-bond acceptors (Lipinski definition) is 3. The van der Waals surface area contributed by atoms with Crippen molar-refractivity contribution in [3.05, 3.63) is 194 Å². The molecule has 0 aliphatic heterocycles. The van der Waals surface area contributed by atoms with E-state index in [2.05, 4.69) is 191 Å². The fourth-order valence-corrected chi connectivity index (χ4v) is 10.0. The first-order valence-electron chi connectivity index (χ1n) is 19.3. The van der Waals surface area contributed by atoms with Gasteiger partial charge in [-0.05, 0) is 47.5 Å². The Kier molecular flexibility index (Phi) is 7.06. The first-order chi connectivity index (χ1) is 28.3. The van der Waals surface area contributed by atoms with E-state index >= 15 is 0 Å². The Labute approximate surface area is 332 Å². The summed E-state index contributed by atoms with van der Waals surface area (Å²) >= 11 is 1.87. The molecule has 0 unspecified atom stereocenters. The molecular formula is C52H32N4S. The average Bonchev–Trinajstić information content (AvgIpc) is 3.95. The van der Waals surface area contributed by atoms with E-state index in [9.17, 15) is 0 Å². The summed E-state index contributed by atoms with van der Waals surface area (Å²) in [6.45, 7) is 0. The minimum Gasteiger partial charge on any atom is -0.307 e. The highest BCUT2D eigenvalue weighted by atomic mass is 32.1. The van der Waals surface area contributed by atoms with Crippen LogP contribution in [0, 0.1) is 0 Å². The van der Waals surface area contributed by atoms with Gasteiger partial charge < -0.3 is 4.57 Å². The van der Waals surface area contributed by atoms with E-state index in [0.717, 1.165) is 61.0 Å². The third-order valence-corrected chi connectivity index (χ3v) is 12.6. The van der Waals surface area contributed by atoms with Crippen molar-refractivity contribution in [1.82, 2.24) is 19.1 Å². The lowest BCUT2D eigenvalue weighted by molar-refractivity contribution is 0.995. The Morgan fingerprint density at radius 1 is 0.368 bits per heavy atom. The maximum atomic E-state index is 5.36. The highest BCUT2D eigenvalue weighted by Crippen LogP contribution is 2.43. The maximum Gasteiger partial charge on any atom is 0.235 e. The average molecular weight is 745 g/mol. The van der Waals surface area contributed by atoms with Gasteiger partial charge in [0, 0.05) is 58.5 Å². The van der Waals surface area contributed by atoms with E-state index in [1.54, 1.807) is 0 Å². The van der Waals surface area contributed by atoms with Crippen LogP contribution in [0.1, 0.15) is 0 Å². The molecular weight excluding hydrogens is 713 g/mol. The van der Waals surface area contributed by atoms with Crippen LogP contribution in [0.4, 0.5) is 0 Å². The van der Waals surface area contributed by atoms with Crippen LogP contribution in [0.2, 0.25) is 0 Å². The Morgan fingerprint density at radius 3 is 1.54 bits per heavy atom. The molecule has 4 aromatic heterocycles. The van der Waals surface area contributed by atoms with Gasteiger partial charge in [-0.15, -0.1) is 11.3 Å². The van der Waals surface area contributed by atoms with Crippen molar-refractivity contribution in [3.63, 3.8) is 0 Å². The first-order valence-corrected chi connectivity index (χ1v) is 20.1. The third kappa shape index (κ3) is 4.93. The number of benzene rings is 8. The molecule has 0 radical (unpaired) electrons. The van der Waals surface area contributed by atoms with Crippen molar-refractivity contribution < 1.29 is 0 Å². The lowest BCUT2D eigenvalue weighted by Gasteiger charge is -2.14. The van der Waals surface area contributed by atoms with Crippen molar-refractivity contribution in [1.29, 1.82) is 0 Å². The van der Waals surface area contributed by atoms with Crippen LogP contribution in [-0.4, -0.2) is 19.1 Å². The second-order valence-corrected chi connectivity index (χ2v) is 15.6. The van der Waals surface area contributed by atoms with Gasteiger partial charge in [0.25, 0.3) is 0 Å². The number of hydrogen-bond donors (Lipinski definition) is 0. The van der Waals surface area contributed by atoms with Crippen LogP contribution in [0.5, 0.6) is 0 Å². The fourth-order valence-electron chi connectivity index (χ4n) is 8.79. The summed E-state index contributed by atoms with van der Waals surface area (Å²) in [5.41, 5.74) is 11.8. The van der Waals surface area contributed by atoms with E-state index in [4.69, 9.17) is 9.97 Å². The predicted octanol–water partition coefficient (Wildman–Crippen LogP) is 14.0. The van der Waals surface area contributed by atoms with Gasteiger partial charge in [-0.1, -0.05) is 158 Å². The lowest BCUT2D eigenvalue weighted by Crippen LogP contribution is -2.05. The summed E-state index contributed by atoms with van der Waals surface area (Å²) in [5.74, 6) is 0.637. The monoisotopic (exact) mass is 744 g/mol. The van der Waals surface area contributed by atoms with Crippen molar-refractivity contribution in [2.75, 3.05) is 0 Å². The third-order valence-electron chi connectivity index (χ3n) is 11.4. The Bertz CT molecular complexity index is 3450. The van der Waals surface area contributed by atoms with Gasteiger partial charge in [0.05, 0.1) is 33.5 Å². The largest absolute Gasteiger partial charge is 0.307 e. The first kappa shape index (κ1) is 32.0. The SMILES string of the molecule is c1ccc(-c2cc(-c3ccccc3)nc(-n3c4ccccc4c4ccc5c6ccccc6n(-c6ccc(-c7cccc8c7sc7ccccc78)cc6)c5c43)n2)cc1. The Hall–Kier alpha value is -7.34. The fraction of sp³-hybridized carbons (Fsp3) is 0. The number of fused-ring (bicyclic) bond motifs is 10. The minimum absolute atomic E-state index is 0.637. The molecule has 0 aliphatic carbocycles. The Balaban J connectivity index is 1.14. The zero-order chi connectivity index (χ0) is 37.5. The van der Waals surface area contributed by atoms with Crippen LogP contribution >= 0.6 is 11.3 Å². The Morgan fingerprint density at radius 2 is 0.895 bits per heavy atom. The molecule has 266 valence electrons. The van der Waals surface area contributed by atoms with Gasteiger partial charge in [0.15, 0.2) is 0 Å². The molecule has 0 amide bonds. The molecule has 5 heteroatoms. The van der Waals surface area contributed by atoms with Crippen molar-refractivity contribution in [2.45, 2.75) is 0 Å². The number of rotatable bonds is 5. The zero-order valence-electron chi connectivity index (χ0n) is 30.7. The van der Waals surface area contributed by atoms with Crippen molar-refractivity contribution in [3.8, 4) is 45.3 Å².